The normalized spacial score (nSPS) is 26.2. The number of nitrogens with two attached hydrogens (primary N) is 1. The molecule has 0 amide bonds. The van der Waals surface area contributed by atoms with Crippen molar-refractivity contribution in [3.8, 4) is 0 Å². The standard InChI is InChI=1S/C14H20BrN3O2/c1-10-4-2-3-7-14(10,9-16)17-12-8-11(15)5-6-13(12)18(19)20/h5-6,8,10,17H,2-4,7,9,16H2,1H3. The zero-order valence-corrected chi connectivity index (χ0v) is 13.1. The molecule has 0 saturated heterocycles. The van der Waals surface area contributed by atoms with Crippen molar-refractivity contribution in [3.05, 3.63) is 32.8 Å². The molecule has 6 heteroatoms. The van der Waals surface area contributed by atoms with Crippen LogP contribution in [0.4, 0.5) is 11.4 Å². The maximum absolute atomic E-state index is 11.2. The van der Waals surface area contributed by atoms with Gasteiger partial charge in [0.05, 0.1) is 10.5 Å². The highest BCUT2D eigenvalue weighted by atomic mass is 79.9. The summed E-state index contributed by atoms with van der Waals surface area (Å²) >= 11 is 3.37. The van der Waals surface area contributed by atoms with Crippen molar-refractivity contribution in [1.29, 1.82) is 0 Å². The number of hydrogen-bond acceptors (Lipinski definition) is 4. The van der Waals surface area contributed by atoms with E-state index < -0.39 is 0 Å². The third-order valence-corrected chi connectivity index (χ3v) is 4.85. The first-order valence-electron chi connectivity index (χ1n) is 6.91. The molecule has 1 aliphatic carbocycles. The Bertz CT molecular complexity index is 509. The lowest BCUT2D eigenvalue weighted by atomic mass is 9.73. The lowest BCUT2D eigenvalue weighted by Gasteiger charge is -2.43. The van der Waals surface area contributed by atoms with Gasteiger partial charge in [-0.1, -0.05) is 35.7 Å². The Kier molecular flexibility index (Phi) is 4.65. The molecular formula is C14H20BrN3O2. The number of benzene rings is 1. The van der Waals surface area contributed by atoms with Crippen LogP contribution in [0.15, 0.2) is 22.7 Å². The summed E-state index contributed by atoms with van der Waals surface area (Å²) in [5.74, 6) is 0.403. The lowest BCUT2D eigenvalue weighted by Crippen LogP contribution is -2.52. The fourth-order valence-corrected chi connectivity index (χ4v) is 3.35. The van der Waals surface area contributed by atoms with Crippen LogP contribution in [0.25, 0.3) is 0 Å². The smallest absolute Gasteiger partial charge is 0.292 e. The first kappa shape index (κ1) is 15.3. The van der Waals surface area contributed by atoms with Crippen LogP contribution in [0.2, 0.25) is 0 Å². The van der Waals surface area contributed by atoms with Crippen molar-refractivity contribution >= 4 is 27.3 Å². The number of nitro groups is 1. The van der Waals surface area contributed by atoms with E-state index in [1.54, 1.807) is 12.1 Å². The van der Waals surface area contributed by atoms with Gasteiger partial charge in [-0.05, 0) is 30.9 Å². The molecule has 2 atom stereocenters. The van der Waals surface area contributed by atoms with Gasteiger partial charge in [-0.2, -0.15) is 0 Å². The molecule has 0 heterocycles. The highest BCUT2D eigenvalue weighted by Crippen LogP contribution is 2.38. The molecule has 2 rings (SSSR count). The highest BCUT2D eigenvalue weighted by Gasteiger charge is 2.38. The Morgan fingerprint density at radius 1 is 1.55 bits per heavy atom. The summed E-state index contributed by atoms with van der Waals surface area (Å²) in [4.78, 5) is 10.8. The Hall–Kier alpha value is -1.14. The molecular weight excluding hydrogens is 322 g/mol. The van der Waals surface area contributed by atoms with Crippen LogP contribution in [0.1, 0.15) is 32.6 Å². The molecule has 1 saturated carbocycles. The molecule has 0 spiro atoms. The van der Waals surface area contributed by atoms with Crippen LogP contribution in [0.5, 0.6) is 0 Å². The van der Waals surface area contributed by atoms with Crippen molar-refractivity contribution in [1.82, 2.24) is 0 Å². The van der Waals surface area contributed by atoms with Crippen LogP contribution in [-0.2, 0) is 0 Å². The Morgan fingerprint density at radius 3 is 2.90 bits per heavy atom. The average Bonchev–Trinajstić information content (AvgIpc) is 2.41. The summed E-state index contributed by atoms with van der Waals surface area (Å²) < 4.78 is 0.821. The average molecular weight is 342 g/mol. The third kappa shape index (κ3) is 2.96. The molecule has 0 aromatic heterocycles. The van der Waals surface area contributed by atoms with Crippen molar-refractivity contribution in [2.75, 3.05) is 11.9 Å². The first-order valence-corrected chi connectivity index (χ1v) is 7.70. The van der Waals surface area contributed by atoms with E-state index in [0.717, 1.165) is 23.7 Å². The number of halogens is 1. The minimum Gasteiger partial charge on any atom is -0.372 e. The first-order chi connectivity index (χ1) is 9.48. The topological polar surface area (TPSA) is 81.2 Å². The van der Waals surface area contributed by atoms with Gasteiger partial charge in [-0.15, -0.1) is 0 Å². The number of nitrogens with one attached hydrogen (secondary N) is 1. The summed E-state index contributed by atoms with van der Waals surface area (Å²) in [5.41, 5.74) is 6.39. The van der Waals surface area contributed by atoms with Gasteiger partial charge in [0, 0.05) is 17.1 Å². The molecule has 0 aliphatic heterocycles. The third-order valence-electron chi connectivity index (χ3n) is 4.36. The van der Waals surface area contributed by atoms with Crippen LogP contribution < -0.4 is 11.1 Å². The van der Waals surface area contributed by atoms with E-state index in [0.29, 0.717) is 18.2 Å². The summed E-state index contributed by atoms with van der Waals surface area (Å²) in [6, 6.07) is 4.96. The number of hydrogen-bond donors (Lipinski definition) is 2. The second-order valence-corrected chi connectivity index (χ2v) is 6.47. The monoisotopic (exact) mass is 341 g/mol. The van der Waals surface area contributed by atoms with E-state index in [-0.39, 0.29) is 16.1 Å². The summed E-state index contributed by atoms with van der Waals surface area (Å²) in [6.45, 7) is 2.65. The van der Waals surface area contributed by atoms with Crippen LogP contribution >= 0.6 is 15.9 Å². The molecule has 3 N–H and O–H groups in total. The van der Waals surface area contributed by atoms with E-state index in [1.807, 2.05) is 0 Å². The number of rotatable bonds is 4. The number of nitrogens with zero attached hydrogens (tertiary/aromatic N) is 1. The SMILES string of the molecule is CC1CCCCC1(CN)Nc1cc(Br)ccc1[N+](=O)[O-]. The molecule has 1 aromatic carbocycles. The molecule has 1 fully saturated rings. The minimum atomic E-state index is -0.355. The van der Waals surface area contributed by atoms with Gasteiger partial charge in [-0.25, -0.2) is 0 Å². The van der Waals surface area contributed by atoms with Crippen molar-refractivity contribution in [2.45, 2.75) is 38.1 Å². The molecule has 1 aliphatic rings. The van der Waals surface area contributed by atoms with Crippen molar-refractivity contribution < 1.29 is 4.92 Å². The molecule has 5 nitrogen and oxygen atoms in total. The van der Waals surface area contributed by atoms with E-state index in [1.165, 1.54) is 12.5 Å². The van der Waals surface area contributed by atoms with E-state index in [4.69, 9.17) is 5.73 Å². The zero-order chi connectivity index (χ0) is 14.8. The molecule has 20 heavy (non-hydrogen) atoms. The van der Waals surface area contributed by atoms with E-state index in [9.17, 15) is 10.1 Å². The van der Waals surface area contributed by atoms with Gasteiger partial charge < -0.3 is 11.1 Å². The fourth-order valence-electron chi connectivity index (χ4n) is 2.99. The molecule has 0 radical (unpaired) electrons. The van der Waals surface area contributed by atoms with Gasteiger partial charge in [0.2, 0.25) is 0 Å². The second-order valence-electron chi connectivity index (χ2n) is 5.55. The van der Waals surface area contributed by atoms with Gasteiger partial charge in [-0.3, -0.25) is 10.1 Å². The van der Waals surface area contributed by atoms with Crippen LogP contribution in [0, 0.1) is 16.0 Å². The van der Waals surface area contributed by atoms with Gasteiger partial charge in [0.1, 0.15) is 5.69 Å². The Balaban J connectivity index is 2.36. The quantitative estimate of drug-likeness (QED) is 0.646. The maximum Gasteiger partial charge on any atom is 0.292 e. The molecule has 1 aromatic rings. The van der Waals surface area contributed by atoms with E-state index >= 15 is 0 Å². The summed E-state index contributed by atoms with van der Waals surface area (Å²) in [7, 11) is 0. The Morgan fingerprint density at radius 2 is 2.30 bits per heavy atom. The highest BCUT2D eigenvalue weighted by molar-refractivity contribution is 9.10. The lowest BCUT2D eigenvalue weighted by molar-refractivity contribution is -0.384. The summed E-state index contributed by atoms with van der Waals surface area (Å²) in [6.07, 6.45) is 4.36. The zero-order valence-electron chi connectivity index (χ0n) is 11.6. The van der Waals surface area contributed by atoms with Crippen LogP contribution in [0.3, 0.4) is 0 Å². The van der Waals surface area contributed by atoms with E-state index in [2.05, 4.69) is 28.2 Å². The van der Waals surface area contributed by atoms with Crippen molar-refractivity contribution in [3.63, 3.8) is 0 Å². The predicted molar refractivity (Wildman–Crippen MR) is 83.8 cm³/mol. The molecule has 110 valence electrons. The largest absolute Gasteiger partial charge is 0.372 e. The van der Waals surface area contributed by atoms with Gasteiger partial charge in [0.15, 0.2) is 0 Å². The predicted octanol–water partition coefficient (Wildman–Crippen LogP) is 3.68. The van der Waals surface area contributed by atoms with Gasteiger partial charge in [0.25, 0.3) is 5.69 Å². The second kappa shape index (κ2) is 6.10. The van der Waals surface area contributed by atoms with Gasteiger partial charge >= 0.3 is 0 Å². The van der Waals surface area contributed by atoms with Crippen LogP contribution in [-0.4, -0.2) is 17.0 Å². The number of anilines is 1. The maximum atomic E-state index is 11.2. The molecule has 2 unspecified atom stereocenters. The fraction of sp³-hybridized carbons (Fsp3) is 0.571. The van der Waals surface area contributed by atoms with Crippen molar-refractivity contribution in [2.24, 2.45) is 11.7 Å². The molecule has 0 bridgehead atoms. The minimum absolute atomic E-state index is 0.0961. The number of nitro benzene ring substituents is 1. The Labute approximate surface area is 127 Å². The summed E-state index contributed by atoms with van der Waals surface area (Å²) in [5, 5.41) is 14.6.